The molecule has 2 aromatic rings. The second kappa shape index (κ2) is 7.35. The van der Waals surface area contributed by atoms with Gasteiger partial charge in [-0.2, -0.15) is 0 Å². The molecular formula is C15H17N3O3. The maximum absolute atomic E-state index is 11.4. The number of carbonyl (C=O) groups excluding carboxylic acids is 1. The number of hydrogen-bond acceptors (Lipinski definition) is 6. The normalized spacial score (nSPS) is 10.2. The monoisotopic (exact) mass is 287 g/mol. The Kier molecular flexibility index (Phi) is 5.22. The molecule has 1 N–H and O–H groups in total. The van der Waals surface area contributed by atoms with Crippen LogP contribution in [0.15, 0.2) is 36.7 Å². The summed E-state index contributed by atoms with van der Waals surface area (Å²) in [7, 11) is 2.98. The van der Waals surface area contributed by atoms with Gasteiger partial charge in [-0.25, -0.2) is 9.78 Å². The molecule has 2 rings (SSSR count). The van der Waals surface area contributed by atoms with Crippen molar-refractivity contribution in [3.8, 4) is 0 Å². The highest BCUT2D eigenvalue weighted by Crippen LogP contribution is 2.09. The van der Waals surface area contributed by atoms with E-state index in [4.69, 9.17) is 4.74 Å². The summed E-state index contributed by atoms with van der Waals surface area (Å²) >= 11 is 0. The van der Waals surface area contributed by atoms with Gasteiger partial charge in [-0.15, -0.1) is 0 Å². The molecule has 0 saturated carbocycles. The van der Waals surface area contributed by atoms with Gasteiger partial charge in [-0.05, 0) is 11.1 Å². The number of ether oxygens (including phenoxy) is 2. The number of aromatic nitrogens is 2. The van der Waals surface area contributed by atoms with E-state index in [0.717, 1.165) is 11.1 Å². The Hall–Kier alpha value is -2.47. The fourth-order valence-electron chi connectivity index (χ4n) is 1.84. The molecule has 0 radical (unpaired) electrons. The highest BCUT2D eigenvalue weighted by Gasteiger charge is 2.08. The van der Waals surface area contributed by atoms with Gasteiger partial charge in [0, 0.05) is 13.7 Å². The smallest absolute Gasteiger partial charge is 0.358 e. The Morgan fingerprint density at radius 1 is 1.24 bits per heavy atom. The molecule has 0 aliphatic carbocycles. The highest BCUT2D eigenvalue weighted by atomic mass is 16.5. The van der Waals surface area contributed by atoms with Crippen LogP contribution in [0.4, 0.5) is 5.82 Å². The third-order valence-electron chi connectivity index (χ3n) is 2.81. The van der Waals surface area contributed by atoms with Crippen molar-refractivity contribution in [1.29, 1.82) is 0 Å². The van der Waals surface area contributed by atoms with Gasteiger partial charge in [0.2, 0.25) is 0 Å². The predicted octanol–water partition coefficient (Wildman–Crippen LogP) is 2.02. The Morgan fingerprint density at radius 3 is 2.81 bits per heavy atom. The first kappa shape index (κ1) is 14.9. The first-order valence-electron chi connectivity index (χ1n) is 6.44. The fraction of sp³-hybridized carbons (Fsp3) is 0.267. The third-order valence-corrected chi connectivity index (χ3v) is 2.81. The zero-order valence-corrected chi connectivity index (χ0v) is 12.0. The van der Waals surface area contributed by atoms with E-state index in [1.807, 2.05) is 24.3 Å². The number of methoxy groups -OCH3 is 2. The number of rotatable bonds is 6. The summed E-state index contributed by atoms with van der Waals surface area (Å²) in [5, 5.41) is 3.13. The zero-order chi connectivity index (χ0) is 15.1. The summed E-state index contributed by atoms with van der Waals surface area (Å²) < 4.78 is 9.72. The van der Waals surface area contributed by atoms with E-state index in [0.29, 0.717) is 19.0 Å². The number of anilines is 1. The van der Waals surface area contributed by atoms with Crippen LogP contribution < -0.4 is 5.32 Å². The molecule has 1 aromatic carbocycles. The molecule has 0 aliphatic heterocycles. The first-order valence-corrected chi connectivity index (χ1v) is 6.44. The molecule has 0 saturated heterocycles. The van der Waals surface area contributed by atoms with Crippen molar-refractivity contribution in [3.05, 3.63) is 53.5 Å². The minimum Gasteiger partial charge on any atom is -0.464 e. The quantitative estimate of drug-likeness (QED) is 0.819. The molecule has 0 amide bonds. The summed E-state index contributed by atoms with van der Waals surface area (Å²) in [6.07, 6.45) is 2.93. The maximum Gasteiger partial charge on any atom is 0.358 e. The average Bonchev–Trinajstić information content (AvgIpc) is 2.53. The van der Waals surface area contributed by atoms with Crippen LogP contribution in [0.1, 0.15) is 21.6 Å². The van der Waals surface area contributed by atoms with Gasteiger partial charge in [-0.1, -0.05) is 24.3 Å². The van der Waals surface area contributed by atoms with E-state index in [-0.39, 0.29) is 5.69 Å². The van der Waals surface area contributed by atoms with Crippen LogP contribution in [0.3, 0.4) is 0 Å². The van der Waals surface area contributed by atoms with Gasteiger partial charge in [-0.3, -0.25) is 4.98 Å². The Bertz CT molecular complexity index is 617. The second-order valence-corrected chi connectivity index (χ2v) is 4.39. The molecule has 0 aliphatic rings. The predicted molar refractivity (Wildman–Crippen MR) is 77.9 cm³/mol. The summed E-state index contributed by atoms with van der Waals surface area (Å²) in [5.41, 5.74) is 2.37. The average molecular weight is 287 g/mol. The van der Waals surface area contributed by atoms with E-state index in [1.54, 1.807) is 13.3 Å². The molecular weight excluding hydrogens is 270 g/mol. The molecule has 21 heavy (non-hydrogen) atoms. The lowest BCUT2D eigenvalue weighted by atomic mass is 10.1. The number of nitrogens with zero attached hydrogens (tertiary/aromatic N) is 2. The van der Waals surface area contributed by atoms with Gasteiger partial charge in [0.1, 0.15) is 5.82 Å². The molecule has 0 spiro atoms. The minimum absolute atomic E-state index is 0.177. The van der Waals surface area contributed by atoms with Crippen LogP contribution in [0.25, 0.3) is 0 Å². The van der Waals surface area contributed by atoms with Crippen molar-refractivity contribution in [3.63, 3.8) is 0 Å². The van der Waals surface area contributed by atoms with Crippen molar-refractivity contribution in [2.24, 2.45) is 0 Å². The van der Waals surface area contributed by atoms with Crippen LogP contribution in [-0.4, -0.2) is 30.2 Å². The Balaban J connectivity index is 2.02. The number of hydrogen-bond donors (Lipinski definition) is 1. The van der Waals surface area contributed by atoms with Crippen molar-refractivity contribution in [1.82, 2.24) is 9.97 Å². The molecule has 0 unspecified atom stereocenters. The lowest BCUT2D eigenvalue weighted by Crippen LogP contribution is -2.08. The molecule has 6 heteroatoms. The number of benzene rings is 1. The number of esters is 1. The van der Waals surface area contributed by atoms with E-state index in [2.05, 4.69) is 20.0 Å². The fourth-order valence-corrected chi connectivity index (χ4v) is 1.84. The van der Waals surface area contributed by atoms with Gasteiger partial charge in [0.05, 0.1) is 26.1 Å². The Morgan fingerprint density at radius 2 is 2.05 bits per heavy atom. The lowest BCUT2D eigenvalue weighted by molar-refractivity contribution is 0.0593. The Labute approximate surface area is 123 Å². The standard InChI is InChI=1S/C15H17N3O3/c1-20-10-12-5-3-4-11(6-12)7-17-14-9-16-8-13(18-14)15(19)21-2/h3-6,8-9H,7,10H2,1-2H3,(H,17,18). The van der Waals surface area contributed by atoms with Gasteiger partial charge in [0.25, 0.3) is 0 Å². The van der Waals surface area contributed by atoms with E-state index in [9.17, 15) is 4.79 Å². The SMILES string of the molecule is COCc1cccc(CNc2cncc(C(=O)OC)n2)c1. The van der Waals surface area contributed by atoms with Crippen LogP contribution in [-0.2, 0) is 22.6 Å². The third kappa shape index (κ3) is 4.25. The molecule has 0 atom stereocenters. The van der Waals surface area contributed by atoms with Crippen molar-refractivity contribution < 1.29 is 14.3 Å². The summed E-state index contributed by atoms with van der Waals surface area (Å²) in [5.74, 6) is 0.0169. The summed E-state index contributed by atoms with van der Waals surface area (Å²) in [6.45, 7) is 1.16. The van der Waals surface area contributed by atoms with Crippen LogP contribution in [0, 0.1) is 0 Å². The van der Waals surface area contributed by atoms with E-state index >= 15 is 0 Å². The second-order valence-electron chi connectivity index (χ2n) is 4.39. The lowest BCUT2D eigenvalue weighted by Gasteiger charge is -2.08. The van der Waals surface area contributed by atoms with Crippen molar-refractivity contribution in [2.75, 3.05) is 19.5 Å². The molecule has 110 valence electrons. The van der Waals surface area contributed by atoms with Crippen LogP contribution in [0.5, 0.6) is 0 Å². The van der Waals surface area contributed by atoms with Crippen LogP contribution in [0.2, 0.25) is 0 Å². The number of nitrogens with one attached hydrogen (secondary N) is 1. The van der Waals surface area contributed by atoms with Crippen LogP contribution >= 0.6 is 0 Å². The first-order chi connectivity index (χ1) is 10.2. The van der Waals surface area contributed by atoms with E-state index in [1.165, 1.54) is 13.3 Å². The molecule has 1 heterocycles. The van der Waals surface area contributed by atoms with Crippen molar-refractivity contribution >= 4 is 11.8 Å². The molecule has 0 bridgehead atoms. The zero-order valence-electron chi connectivity index (χ0n) is 12.0. The molecule has 0 fully saturated rings. The van der Waals surface area contributed by atoms with Gasteiger partial charge in [0.15, 0.2) is 5.69 Å². The molecule has 6 nitrogen and oxygen atoms in total. The molecule has 1 aromatic heterocycles. The topological polar surface area (TPSA) is 73.3 Å². The highest BCUT2D eigenvalue weighted by molar-refractivity contribution is 5.87. The van der Waals surface area contributed by atoms with Crippen molar-refractivity contribution in [2.45, 2.75) is 13.2 Å². The largest absolute Gasteiger partial charge is 0.464 e. The van der Waals surface area contributed by atoms with Gasteiger partial charge < -0.3 is 14.8 Å². The maximum atomic E-state index is 11.4. The summed E-state index contributed by atoms with van der Waals surface area (Å²) in [4.78, 5) is 19.5. The number of carbonyl (C=O) groups is 1. The van der Waals surface area contributed by atoms with E-state index < -0.39 is 5.97 Å². The minimum atomic E-state index is -0.506. The van der Waals surface area contributed by atoms with Gasteiger partial charge >= 0.3 is 5.97 Å². The summed E-state index contributed by atoms with van der Waals surface area (Å²) in [6, 6.07) is 8.03.